The molecule has 0 spiro atoms. The third kappa shape index (κ3) is 4.96. The quantitative estimate of drug-likeness (QED) is 0.356. The van der Waals surface area contributed by atoms with E-state index in [4.69, 9.17) is 10.5 Å². The minimum absolute atomic E-state index is 0. The van der Waals surface area contributed by atoms with Crippen LogP contribution in [0.3, 0.4) is 0 Å². The molecule has 0 saturated carbocycles. The van der Waals surface area contributed by atoms with Gasteiger partial charge in [-0.15, -0.1) is 24.0 Å². The maximum absolute atomic E-state index is 5.98. The number of anilines is 1. The molecule has 3 rings (SSSR count). The van der Waals surface area contributed by atoms with Crippen LogP contribution in [0.4, 0.5) is 5.69 Å². The number of hydrogen-bond donors (Lipinski definition) is 2. The van der Waals surface area contributed by atoms with Gasteiger partial charge in [-0.3, -0.25) is 0 Å². The Kier molecular flexibility index (Phi) is 6.81. The molecule has 0 unspecified atom stereocenters. The van der Waals surface area contributed by atoms with Gasteiger partial charge in [0.25, 0.3) is 0 Å². The zero-order chi connectivity index (χ0) is 16.8. The van der Waals surface area contributed by atoms with Gasteiger partial charge in [0.1, 0.15) is 5.75 Å². The van der Waals surface area contributed by atoms with Gasteiger partial charge in [0.05, 0.1) is 25.7 Å². The van der Waals surface area contributed by atoms with Crippen molar-refractivity contribution in [2.24, 2.45) is 10.7 Å². The number of methoxy groups -OCH3 is 1. The minimum Gasteiger partial charge on any atom is -0.497 e. The minimum atomic E-state index is 0. The Hall–Kier alpha value is -2.55. The molecule has 7 heteroatoms. The second kappa shape index (κ2) is 9.07. The van der Waals surface area contributed by atoms with Gasteiger partial charge in [-0.05, 0) is 35.9 Å². The van der Waals surface area contributed by atoms with Crippen LogP contribution in [0.5, 0.6) is 5.75 Å². The Bertz CT molecular complexity index is 816. The summed E-state index contributed by atoms with van der Waals surface area (Å²) in [5, 5.41) is 3.07. The first-order chi connectivity index (χ1) is 11.8. The van der Waals surface area contributed by atoms with Crippen LogP contribution in [0, 0.1) is 0 Å². The molecule has 0 atom stereocenters. The Morgan fingerprint density at radius 2 is 1.96 bits per heavy atom. The van der Waals surface area contributed by atoms with Crippen molar-refractivity contribution < 1.29 is 4.74 Å². The van der Waals surface area contributed by atoms with Crippen LogP contribution < -0.4 is 15.8 Å². The zero-order valence-electron chi connectivity index (χ0n) is 13.8. The summed E-state index contributed by atoms with van der Waals surface area (Å²) in [7, 11) is 1.63. The number of imidazole rings is 1. The lowest BCUT2D eigenvalue weighted by Crippen LogP contribution is -2.22. The van der Waals surface area contributed by atoms with E-state index in [9.17, 15) is 0 Å². The van der Waals surface area contributed by atoms with Crippen molar-refractivity contribution in [1.29, 1.82) is 0 Å². The van der Waals surface area contributed by atoms with Crippen LogP contribution in [0.15, 0.2) is 72.2 Å². The number of benzene rings is 2. The SMILES string of the molecule is COc1ccc(NC(N)=NCc2ccccc2-n2ccnc2)cc1.I. The molecule has 0 radical (unpaired) electrons. The molecule has 25 heavy (non-hydrogen) atoms. The second-order valence-electron chi connectivity index (χ2n) is 5.15. The van der Waals surface area contributed by atoms with E-state index in [0.29, 0.717) is 12.5 Å². The van der Waals surface area contributed by atoms with Crippen LogP contribution in [-0.2, 0) is 6.54 Å². The summed E-state index contributed by atoms with van der Waals surface area (Å²) in [6.45, 7) is 0.476. The van der Waals surface area contributed by atoms with Crippen molar-refractivity contribution in [3.05, 3.63) is 72.8 Å². The molecule has 2 aromatic carbocycles. The molecule has 0 aliphatic heterocycles. The number of aliphatic imine (C=N–C) groups is 1. The topological polar surface area (TPSA) is 77.5 Å². The van der Waals surface area contributed by atoms with Crippen LogP contribution in [0.2, 0.25) is 0 Å². The Morgan fingerprint density at radius 3 is 2.64 bits per heavy atom. The first-order valence-electron chi connectivity index (χ1n) is 7.53. The number of nitrogens with zero attached hydrogens (tertiary/aromatic N) is 3. The lowest BCUT2D eigenvalue weighted by molar-refractivity contribution is 0.415. The smallest absolute Gasteiger partial charge is 0.193 e. The van der Waals surface area contributed by atoms with Gasteiger partial charge in [0.2, 0.25) is 0 Å². The molecular weight excluding hydrogens is 429 g/mol. The predicted octanol–water partition coefficient (Wildman–Crippen LogP) is 3.43. The fraction of sp³-hybridized carbons (Fsp3) is 0.111. The highest BCUT2D eigenvalue weighted by atomic mass is 127. The van der Waals surface area contributed by atoms with Gasteiger partial charge in [0.15, 0.2) is 5.96 Å². The average molecular weight is 449 g/mol. The zero-order valence-corrected chi connectivity index (χ0v) is 16.1. The number of nitrogens with two attached hydrogens (primary N) is 1. The lowest BCUT2D eigenvalue weighted by Gasteiger charge is -2.09. The number of aromatic nitrogens is 2. The number of guanidine groups is 1. The van der Waals surface area contributed by atoms with Gasteiger partial charge in [-0.1, -0.05) is 18.2 Å². The van der Waals surface area contributed by atoms with Gasteiger partial charge in [-0.25, -0.2) is 9.98 Å². The number of para-hydroxylation sites is 1. The fourth-order valence-corrected chi connectivity index (χ4v) is 2.33. The molecule has 0 aliphatic rings. The Balaban J connectivity index is 0.00000225. The van der Waals surface area contributed by atoms with Crippen molar-refractivity contribution in [3.63, 3.8) is 0 Å². The summed E-state index contributed by atoms with van der Waals surface area (Å²) in [6.07, 6.45) is 5.42. The Labute approximate surface area is 163 Å². The normalized spacial score (nSPS) is 10.8. The molecule has 6 nitrogen and oxygen atoms in total. The van der Waals surface area contributed by atoms with Crippen molar-refractivity contribution in [1.82, 2.24) is 9.55 Å². The highest BCUT2D eigenvalue weighted by Gasteiger charge is 2.03. The van der Waals surface area contributed by atoms with Gasteiger partial charge in [-0.2, -0.15) is 0 Å². The van der Waals surface area contributed by atoms with E-state index in [-0.39, 0.29) is 24.0 Å². The average Bonchev–Trinajstić information content (AvgIpc) is 3.15. The molecule has 1 aromatic heterocycles. The number of hydrogen-bond acceptors (Lipinski definition) is 3. The van der Waals surface area contributed by atoms with E-state index in [0.717, 1.165) is 22.7 Å². The van der Waals surface area contributed by atoms with Crippen molar-refractivity contribution in [2.45, 2.75) is 6.54 Å². The van der Waals surface area contributed by atoms with Gasteiger partial charge >= 0.3 is 0 Å². The maximum Gasteiger partial charge on any atom is 0.193 e. The van der Waals surface area contributed by atoms with Crippen LogP contribution in [0.1, 0.15) is 5.56 Å². The van der Waals surface area contributed by atoms with E-state index in [1.165, 1.54) is 0 Å². The molecule has 0 saturated heterocycles. The number of halogens is 1. The predicted molar refractivity (Wildman–Crippen MR) is 111 cm³/mol. The third-order valence-electron chi connectivity index (χ3n) is 3.56. The lowest BCUT2D eigenvalue weighted by atomic mass is 10.2. The van der Waals surface area contributed by atoms with Crippen molar-refractivity contribution in [2.75, 3.05) is 12.4 Å². The highest BCUT2D eigenvalue weighted by molar-refractivity contribution is 14.0. The summed E-state index contributed by atoms with van der Waals surface area (Å²) >= 11 is 0. The van der Waals surface area contributed by atoms with Crippen molar-refractivity contribution in [3.8, 4) is 11.4 Å². The van der Waals surface area contributed by atoms with E-state index in [1.807, 2.05) is 59.3 Å². The molecule has 0 fully saturated rings. The van der Waals surface area contributed by atoms with Crippen LogP contribution in [0.25, 0.3) is 5.69 Å². The van der Waals surface area contributed by atoms with Gasteiger partial charge < -0.3 is 20.4 Å². The van der Waals surface area contributed by atoms with Gasteiger partial charge in [0, 0.05) is 18.1 Å². The second-order valence-corrected chi connectivity index (χ2v) is 5.15. The molecular formula is C18H20IN5O. The monoisotopic (exact) mass is 449 g/mol. The van der Waals surface area contributed by atoms with Crippen LogP contribution in [-0.4, -0.2) is 22.6 Å². The number of nitrogens with one attached hydrogen (secondary N) is 1. The number of ether oxygens (including phenoxy) is 1. The van der Waals surface area contributed by atoms with E-state index in [1.54, 1.807) is 19.6 Å². The highest BCUT2D eigenvalue weighted by Crippen LogP contribution is 2.16. The summed E-state index contributed by atoms with van der Waals surface area (Å²) < 4.78 is 7.09. The standard InChI is InChI=1S/C18H19N5O.HI/c1-24-16-8-6-15(7-9-16)22-18(19)21-12-14-4-2-3-5-17(14)23-11-10-20-13-23;/h2-11,13H,12H2,1H3,(H3,19,21,22);1H. The molecule has 1 heterocycles. The summed E-state index contributed by atoms with van der Waals surface area (Å²) in [6, 6.07) is 15.5. The largest absolute Gasteiger partial charge is 0.497 e. The van der Waals surface area contributed by atoms with Crippen LogP contribution >= 0.6 is 24.0 Å². The molecule has 130 valence electrons. The number of rotatable bonds is 5. The summed E-state index contributed by atoms with van der Waals surface area (Å²) in [5.41, 5.74) is 8.95. The Morgan fingerprint density at radius 1 is 1.20 bits per heavy atom. The summed E-state index contributed by atoms with van der Waals surface area (Å²) in [4.78, 5) is 8.51. The fourth-order valence-electron chi connectivity index (χ4n) is 2.33. The molecule has 0 amide bonds. The molecule has 3 aromatic rings. The first kappa shape index (κ1) is 18.8. The summed E-state index contributed by atoms with van der Waals surface area (Å²) in [5.74, 6) is 1.16. The van der Waals surface area contributed by atoms with E-state index in [2.05, 4.69) is 15.3 Å². The molecule has 3 N–H and O–H groups in total. The van der Waals surface area contributed by atoms with E-state index >= 15 is 0 Å². The van der Waals surface area contributed by atoms with Crippen molar-refractivity contribution >= 4 is 35.6 Å². The maximum atomic E-state index is 5.98. The first-order valence-corrected chi connectivity index (χ1v) is 7.53. The third-order valence-corrected chi connectivity index (χ3v) is 3.56. The molecule has 0 bridgehead atoms. The van der Waals surface area contributed by atoms with E-state index < -0.39 is 0 Å². The molecule has 0 aliphatic carbocycles.